The number of anilines is 1. The van der Waals surface area contributed by atoms with Crippen molar-refractivity contribution in [3.8, 4) is 11.4 Å². The van der Waals surface area contributed by atoms with Gasteiger partial charge in [0.15, 0.2) is 5.82 Å². The first-order valence-corrected chi connectivity index (χ1v) is 9.99. The third-order valence-corrected chi connectivity index (χ3v) is 6.65. The highest BCUT2D eigenvalue weighted by molar-refractivity contribution is 5.83. The molecule has 0 saturated heterocycles. The highest BCUT2D eigenvalue weighted by atomic mass is 16.2. The van der Waals surface area contributed by atoms with E-state index < -0.39 is 0 Å². The Morgan fingerprint density at radius 2 is 1.96 bits per heavy atom. The van der Waals surface area contributed by atoms with Crippen molar-refractivity contribution in [1.29, 1.82) is 0 Å². The van der Waals surface area contributed by atoms with E-state index >= 15 is 0 Å². The molecule has 3 aliphatic rings. The summed E-state index contributed by atoms with van der Waals surface area (Å²) in [5, 5.41) is 0. The zero-order valence-corrected chi connectivity index (χ0v) is 16.1. The lowest BCUT2D eigenvalue weighted by molar-refractivity contribution is -0.135. The molecule has 1 aromatic carbocycles. The van der Waals surface area contributed by atoms with Crippen LogP contribution in [-0.2, 0) is 17.8 Å². The van der Waals surface area contributed by atoms with Gasteiger partial charge in [0.05, 0.1) is 12.2 Å². The maximum Gasteiger partial charge on any atom is 0.226 e. The molecule has 5 rings (SSSR count). The van der Waals surface area contributed by atoms with Gasteiger partial charge in [-0.15, -0.1) is 0 Å². The fourth-order valence-corrected chi connectivity index (χ4v) is 4.79. The number of rotatable bonds is 3. The summed E-state index contributed by atoms with van der Waals surface area (Å²) < 4.78 is 0. The van der Waals surface area contributed by atoms with Gasteiger partial charge in [0.25, 0.3) is 0 Å². The summed E-state index contributed by atoms with van der Waals surface area (Å²) in [5.41, 5.74) is 3.60. The molecule has 2 fully saturated rings. The summed E-state index contributed by atoms with van der Waals surface area (Å²) >= 11 is 0. The molecular formula is C22H26N4O. The Bertz CT molecular complexity index is 889. The van der Waals surface area contributed by atoms with Crippen LogP contribution in [0.4, 0.5) is 5.82 Å². The number of fused-ring (bicyclic) bond motifs is 1. The first-order valence-electron chi connectivity index (χ1n) is 9.99. The zero-order valence-electron chi connectivity index (χ0n) is 16.1. The average molecular weight is 362 g/mol. The Morgan fingerprint density at radius 3 is 2.59 bits per heavy atom. The predicted molar refractivity (Wildman–Crippen MR) is 105 cm³/mol. The SMILES string of the molecule is CN(C)c1nc(-c2ccccc2)nc2c1CCN(C(=O)[C@H]1CC13CCC3)C2. The number of amides is 1. The van der Waals surface area contributed by atoms with Crippen molar-refractivity contribution in [1.82, 2.24) is 14.9 Å². The van der Waals surface area contributed by atoms with Gasteiger partial charge in [0.1, 0.15) is 5.82 Å². The molecule has 0 radical (unpaired) electrons. The summed E-state index contributed by atoms with van der Waals surface area (Å²) in [7, 11) is 4.05. The number of hydrogen-bond donors (Lipinski definition) is 0. The largest absolute Gasteiger partial charge is 0.362 e. The molecule has 1 amide bonds. The van der Waals surface area contributed by atoms with E-state index in [1.54, 1.807) is 0 Å². The average Bonchev–Trinajstić information content (AvgIpc) is 3.43. The van der Waals surface area contributed by atoms with Crippen LogP contribution in [0.15, 0.2) is 30.3 Å². The summed E-state index contributed by atoms with van der Waals surface area (Å²) in [6.07, 6.45) is 5.74. The molecule has 0 bridgehead atoms. The number of nitrogens with zero attached hydrogens (tertiary/aromatic N) is 4. The number of hydrogen-bond acceptors (Lipinski definition) is 4. The van der Waals surface area contributed by atoms with Crippen molar-refractivity contribution >= 4 is 11.7 Å². The molecule has 1 spiro atoms. The molecule has 1 aromatic heterocycles. The Kier molecular flexibility index (Phi) is 3.74. The van der Waals surface area contributed by atoms with Gasteiger partial charge >= 0.3 is 0 Å². The first kappa shape index (κ1) is 16.7. The molecule has 27 heavy (non-hydrogen) atoms. The first-order chi connectivity index (χ1) is 13.1. The minimum Gasteiger partial charge on any atom is -0.362 e. The second-order valence-corrected chi connectivity index (χ2v) is 8.54. The Hall–Kier alpha value is -2.43. The van der Waals surface area contributed by atoms with Gasteiger partial charge in [-0.3, -0.25) is 4.79 Å². The third-order valence-electron chi connectivity index (χ3n) is 6.65. The van der Waals surface area contributed by atoms with Crippen LogP contribution in [0.1, 0.15) is 36.9 Å². The van der Waals surface area contributed by atoms with Gasteiger partial charge in [-0.1, -0.05) is 36.8 Å². The van der Waals surface area contributed by atoms with Crippen molar-refractivity contribution in [2.45, 2.75) is 38.6 Å². The zero-order chi connectivity index (χ0) is 18.6. The quantitative estimate of drug-likeness (QED) is 0.841. The van der Waals surface area contributed by atoms with Crippen LogP contribution in [0.3, 0.4) is 0 Å². The van der Waals surface area contributed by atoms with Gasteiger partial charge in [0, 0.05) is 37.7 Å². The lowest BCUT2D eigenvalue weighted by atomic mass is 9.79. The van der Waals surface area contributed by atoms with Crippen LogP contribution in [0.25, 0.3) is 11.4 Å². The molecule has 2 aromatic rings. The standard InChI is InChI=1S/C22H26N4O/c1-25(2)20-16-9-12-26(21(27)17-13-22(17)10-6-11-22)14-18(16)23-19(24-20)15-7-4-3-5-8-15/h3-5,7-8,17H,6,9-14H2,1-2H3/t17-/m1/s1. The van der Waals surface area contributed by atoms with Crippen LogP contribution in [-0.4, -0.2) is 41.4 Å². The van der Waals surface area contributed by atoms with Crippen LogP contribution >= 0.6 is 0 Å². The number of carbonyl (C=O) groups is 1. The molecule has 1 atom stereocenters. The number of benzene rings is 1. The minimum atomic E-state index is 0.275. The molecule has 2 aliphatic carbocycles. The molecular weight excluding hydrogens is 336 g/mol. The summed E-state index contributed by atoms with van der Waals surface area (Å²) in [6, 6.07) is 10.1. The smallest absolute Gasteiger partial charge is 0.226 e. The molecule has 140 valence electrons. The third kappa shape index (κ3) is 2.71. The van der Waals surface area contributed by atoms with Crippen molar-refractivity contribution in [3.05, 3.63) is 41.6 Å². The minimum absolute atomic E-state index is 0.275. The highest BCUT2D eigenvalue weighted by Gasteiger charge is 2.61. The fraction of sp³-hybridized carbons (Fsp3) is 0.500. The Morgan fingerprint density at radius 1 is 1.19 bits per heavy atom. The summed E-state index contributed by atoms with van der Waals surface area (Å²) in [6.45, 7) is 1.40. The molecule has 1 aliphatic heterocycles. The van der Waals surface area contributed by atoms with Gasteiger partial charge in [-0.05, 0) is 31.1 Å². The monoisotopic (exact) mass is 362 g/mol. The van der Waals surface area contributed by atoms with Crippen molar-refractivity contribution in [2.24, 2.45) is 11.3 Å². The highest BCUT2D eigenvalue weighted by Crippen LogP contribution is 2.66. The normalized spacial score (nSPS) is 22.1. The number of carbonyl (C=O) groups excluding carboxylic acids is 1. The molecule has 0 unspecified atom stereocenters. The molecule has 0 N–H and O–H groups in total. The summed E-state index contributed by atoms with van der Waals surface area (Å²) in [5.74, 6) is 2.35. The molecule has 2 saturated carbocycles. The molecule has 5 heteroatoms. The van der Waals surface area contributed by atoms with E-state index in [0.717, 1.165) is 42.3 Å². The Balaban J connectivity index is 1.46. The molecule has 5 nitrogen and oxygen atoms in total. The fourth-order valence-electron chi connectivity index (χ4n) is 4.79. The van der Waals surface area contributed by atoms with E-state index in [0.29, 0.717) is 17.9 Å². The van der Waals surface area contributed by atoms with Crippen LogP contribution in [0.2, 0.25) is 0 Å². The lowest BCUT2D eigenvalue weighted by Gasteiger charge is -2.33. The maximum atomic E-state index is 13.0. The maximum absolute atomic E-state index is 13.0. The van der Waals surface area contributed by atoms with Crippen molar-refractivity contribution in [2.75, 3.05) is 25.5 Å². The van der Waals surface area contributed by atoms with E-state index in [2.05, 4.69) is 4.90 Å². The molecule has 2 heterocycles. The van der Waals surface area contributed by atoms with Gasteiger partial charge in [-0.25, -0.2) is 9.97 Å². The van der Waals surface area contributed by atoms with Crippen molar-refractivity contribution < 1.29 is 4.79 Å². The second kappa shape index (κ2) is 6.04. The predicted octanol–water partition coefficient (Wildman–Crippen LogP) is 3.28. The summed E-state index contributed by atoms with van der Waals surface area (Å²) in [4.78, 5) is 26.8. The van der Waals surface area contributed by atoms with Crippen LogP contribution in [0, 0.1) is 11.3 Å². The second-order valence-electron chi connectivity index (χ2n) is 8.54. The van der Waals surface area contributed by atoms with Gasteiger partial charge < -0.3 is 9.80 Å². The van der Waals surface area contributed by atoms with E-state index in [1.165, 1.54) is 24.8 Å². The van der Waals surface area contributed by atoms with Crippen LogP contribution in [0.5, 0.6) is 0 Å². The topological polar surface area (TPSA) is 49.3 Å². The van der Waals surface area contributed by atoms with E-state index in [9.17, 15) is 4.79 Å². The van der Waals surface area contributed by atoms with E-state index in [4.69, 9.17) is 9.97 Å². The van der Waals surface area contributed by atoms with Gasteiger partial charge in [0.2, 0.25) is 5.91 Å². The van der Waals surface area contributed by atoms with Crippen LogP contribution < -0.4 is 4.90 Å². The van der Waals surface area contributed by atoms with Crippen molar-refractivity contribution in [3.63, 3.8) is 0 Å². The van der Waals surface area contributed by atoms with E-state index in [1.807, 2.05) is 49.3 Å². The van der Waals surface area contributed by atoms with E-state index in [-0.39, 0.29) is 5.92 Å². The number of aromatic nitrogens is 2. The lowest BCUT2D eigenvalue weighted by Crippen LogP contribution is -2.39. The van der Waals surface area contributed by atoms with Gasteiger partial charge in [-0.2, -0.15) is 0 Å². The Labute approximate surface area is 160 Å².